The van der Waals surface area contributed by atoms with Crippen LogP contribution in [0.3, 0.4) is 0 Å². The molecule has 1 N–H and O–H groups in total. The zero-order chi connectivity index (χ0) is 13.9. The number of ether oxygens (including phenoxy) is 1. The first kappa shape index (κ1) is 14.3. The third kappa shape index (κ3) is 3.73. The molecule has 0 aromatic carbocycles. The summed E-state index contributed by atoms with van der Waals surface area (Å²) >= 11 is 3.51. The summed E-state index contributed by atoms with van der Waals surface area (Å²) in [6.45, 7) is 3.15. The van der Waals surface area contributed by atoms with Crippen molar-refractivity contribution >= 4 is 15.9 Å². The summed E-state index contributed by atoms with van der Waals surface area (Å²) in [5, 5.41) is 3.55. The van der Waals surface area contributed by atoms with Gasteiger partial charge in [0.2, 0.25) is 5.88 Å². The van der Waals surface area contributed by atoms with Crippen LogP contribution < -0.4 is 10.1 Å². The number of hydrogen-bond acceptors (Lipinski definition) is 3. The highest BCUT2D eigenvalue weighted by atomic mass is 79.9. The van der Waals surface area contributed by atoms with Crippen LogP contribution in [0.1, 0.15) is 51.0 Å². The maximum atomic E-state index is 6.23. The lowest BCUT2D eigenvalue weighted by atomic mass is 9.88. The molecule has 0 amide bonds. The molecule has 0 bridgehead atoms. The summed E-state index contributed by atoms with van der Waals surface area (Å²) in [6, 6.07) is 2.83. The molecule has 0 spiro atoms. The first-order valence-corrected chi connectivity index (χ1v) is 8.56. The van der Waals surface area contributed by atoms with Crippen LogP contribution in [0.15, 0.2) is 16.7 Å². The molecule has 2 aliphatic carbocycles. The average molecular weight is 339 g/mol. The van der Waals surface area contributed by atoms with E-state index in [1.54, 1.807) is 0 Å². The molecule has 3 rings (SSSR count). The molecule has 1 aromatic heterocycles. The predicted octanol–water partition coefficient (Wildman–Crippen LogP) is 4.05. The molecule has 2 aliphatic rings. The Hall–Kier alpha value is -0.610. The number of pyridine rings is 1. The molecular weight excluding hydrogens is 316 g/mol. The lowest BCUT2D eigenvalue weighted by Gasteiger charge is -2.29. The van der Waals surface area contributed by atoms with Gasteiger partial charge in [0.25, 0.3) is 0 Å². The predicted molar refractivity (Wildman–Crippen MR) is 83.8 cm³/mol. The second-order valence-electron chi connectivity index (χ2n) is 6.19. The smallest absolute Gasteiger partial charge is 0.218 e. The fourth-order valence-electron chi connectivity index (χ4n) is 2.84. The molecule has 2 unspecified atom stereocenters. The third-order valence-corrected chi connectivity index (χ3v) is 4.78. The topological polar surface area (TPSA) is 34.1 Å². The second kappa shape index (κ2) is 6.44. The van der Waals surface area contributed by atoms with Crippen molar-refractivity contribution in [1.29, 1.82) is 0 Å². The van der Waals surface area contributed by atoms with Crippen molar-refractivity contribution in [3.05, 3.63) is 22.3 Å². The maximum Gasteiger partial charge on any atom is 0.218 e. The van der Waals surface area contributed by atoms with E-state index in [1.807, 2.05) is 6.20 Å². The molecule has 110 valence electrons. The largest absolute Gasteiger partial charge is 0.474 e. The Labute approximate surface area is 129 Å². The summed E-state index contributed by atoms with van der Waals surface area (Å²) in [5.74, 6) is 1.46. The van der Waals surface area contributed by atoms with Crippen molar-refractivity contribution in [2.75, 3.05) is 0 Å². The highest BCUT2D eigenvalue weighted by molar-refractivity contribution is 9.10. The fraction of sp³-hybridized carbons (Fsp3) is 0.688. The molecule has 0 aliphatic heterocycles. The molecular formula is C16H23BrN2O. The van der Waals surface area contributed by atoms with E-state index < -0.39 is 0 Å². The highest BCUT2D eigenvalue weighted by Gasteiger charge is 2.25. The van der Waals surface area contributed by atoms with Crippen molar-refractivity contribution in [2.24, 2.45) is 5.92 Å². The number of aromatic nitrogens is 1. The standard InChI is InChI=1S/C16H23BrN2O/c1-11-4-2-3-5-15(11)20-16-12(8-13(17)10-19-16)9-18-14-6-7-14/h8,10-11,14-15,18H,2-7,9H2,1H3. The van der Waals surface area contributed by atoms with Crippen LogP contribution in [-0.2, 0) is 6.54 Å². The Balaban J connectivity index is 1.69. The van der Waals surface area contributed by atoms with E-state index in [4.69, 9.17) is 4.74 Å². The molecule has 2 saturated carbocycles. The van der Waals surface area contributed by atoms with Crippen LogP contribution in [0, 0.1) is 5.92 Å². The van der Waals surface area contributed by atoms with Crippen molar-refractivity contribution in [1.82, 2.24) is 10.3 Å². The molecule has 1 heterocycles. The minimum atomic E-state index is 0.331. The zero-order valence-corrected chi connectivity index (χ0v) is 13.7. The normalized spacial score (nSPS) is 26.5. The van der Waals surface area contributed by atoms with Crippen molar-refractivity contribution in [3.63, 3.8) is 0 Å². The van der Waals surface area contributed by atoms with Gasteiger partial charge in [-0.2, -0.15) is 0 Å². The SMILES string of the molecule is CC1CCCCC1Oc1ncc(Br)cc1CNC1CC1. The molecule has 20 heavy (non-hydrogen) atoms. The van der Waals surface area contributed by atoms with Crippen LogP contribution in [0.4, 0.5) is 0 Å². The van der Waals surface area contributed by atoms with E-state index >= 15 is 0 Å². The third-order valence-electron chi connectivity index (χ3n) is 4.35. The Morgan fingerprint density at radius 1 is 1.30 bits per heavy atom. The Kier molecular flexibility index (Phi) is 4.61. The summed E-state index contributed by atoms with van der Waals surface area (Å²) in [5.41, 5.74) is 1.17. The van der Waals surface area contributed by atoms with Gasteiger partial charge in [0.05, 0.1) is 0 Å². The Morgan fingerprint density at radius 3 is 2.85 bits per heavy atom. The Bertz CT molecular complexity index is 462. The molecule has 2 fully saturated rings. The molecule has 1 aromatic rings. The van der Waals surface area contributed by atoms with E-state index in [0.717, 1.165) is 23.3 Å². The first-order valence-electron chi connectivity index (χ1n) is 7.77. The van der Waals surface area contributed by atoms with Crippen LogP contribution in [0.25, 0.3) is 0 Å². The van der Waals surface area contributed by atoms with Gasteiger partial charge in [0, 0.05) is 28.8 Å². The molecule has 0 saturated heterocycles. The zero-order valence-electron chi connectivity index (χ0n) is 12.1. The van der Waals surface area contributed by atoms with Crippen molar-refractivity contribution in [2.45, 2.75) is 64.1 Å². The van der Waals surface area contributed by atoms with Crippen LogP contribution in [0.2, 0.25) is 0 Å². The molecule has 2 atom stereocenters. The van der Waals surface area contributed by atoms with Gasteiger partial charge in [0.15, 0.2) is 0 Å². The molecule has 4 heteroatoms. The minimum absolute atomic E-state index is 0.331. The number of rotatable bonds is 5. The number of halogens is 1. The van der Waals surface area contributed by atoms with Crippen molar-refractivity contribution in [3.8, 4) is 5.88 Å². The minimum Gasteiger partial charge on any atom is -0.474 e. The van der Waals surface area contributed by atoms with Gasteiger partial charge in [-0.1, -0.05) is 13.3 Å². The van der Waals surface area contributed by atoms with Crippen LogP contribution >= 0.6 is 15.9 Å². The van der Waals surface area contributed by atoms with Gasteiger partial charge in [-0.25, -0.2) is 4.98 Å². The van der Waals surface area contributed by atoms with E-state index in [2.05, 4.69) is 39.2 Å². The van der Waals surface area contributed by atoms with E-state index in [9.17, 15) is 0 Å². The lowest BCUT2D eigenvalue weighted by molar-refractivity contribution is 0.0962. The first-order chi connectivity index (χ1) is 9.72. The summed E-state index contributed by atoms with van der Waals surface area (Å²) in [4.78, 5) is 4.50. The van der Waals surface area contributed by atoms with Gasteiger partial charge < -0.3 is 10.1 Å². The highest BCUT2D eigenvalue weighted by Crippen LogP contribution is 2.30. The lowest BCUT2D eigenvalue weighted by Crippen LogP contribution is -2.29. The summed E-state index contributed by atoms with van der Waals surface area (Å²) in [7, 11) is 0. The van der Waals surface area contributed by atoms with E-state index in [1.165, 1.54) is 37.7 Å². The number of nitrogens with one attached hydrogen (secondary N) is 1. The fourth-order valence-corrected chi connectivity index (χ4v) is 3.22. The Morgan fingerprint density at radius 2 is 2.10 bits per heavy atom. The number of nitrogens with zero attached hydrogens (tertiary/aromatic N) is 1. The quantitative estimate of drug-likeness (QED) is 0.879. The maximum absolute atomic E-state index is 6.23. The molecule has 3 nitrogen and oxygen atoms in total. The second-order valence-corrected chi connectivity index (χ2v) is 7.11. The van der Waals surface area contributed by atoms with Gasteiger partial charge in [-0.05, 0) is 60.0 Å². The van der Waals surface area contributed by atoms with Gasteiger partial charge in [-0.3, -0.25) is 0 Å². The molecule has 0 radical (unpaired) electrons. The van der Waals surface area contributed by atoms with E-state index in [0.29, 0.717) is 18.1 Å². The van der Waals surface area contributed by atoms with Gasteiger partial charge in [-0.15, -0.1) is 0 Å². The van der Waals surface area contributed by atoms with Crippen LogP contribution in [-0.4, -0.2) is 17.1 Å². The van der Waals surface area contributed by atoms with Crippen molar-refractivity contribution < 1.29 is 4.74 Å². The summed E-state index contributed by atoms with van der Waals surface area (Å²) < 4.78 is 7.26. The number of hydrogen-bond donors (Lipinski definition) is 1. The van der Waals surface area contributed by atoms with E-state index in [-0.39, 0.29) is 0 Å². The summed E-state index contributed by atoms with van der Waals surface area (Å²) in [6.07, 6.45) is 9.83. The average Bonchev–Trinajstić information content (AvgIpc) is 3.25. The van der Waals surface area contributed by atoms with Crippen LogP contribution in [0.5, 0.6) is 5.88 Å². The van der Waals surface area contributed by atoms with Gasteiger partial charge >= 0.3 is 0 Å². The van der Waals surface area contributed by atoms with Gasteiger partial charge in [0.1, 0.15) is 6.10 Å². The monoisotopic (exact) mass is 338 g/mol.